The van der Waals surface area contributed by atoms with Crippen LogP contribution in [0.25, 0.3) is 0 Å². The monoisotopic (exact) mass is 371 g/mol. The number of hydrogen-bond acceptors (Lipinski definition) is 5. The number of ether oxygens (including phenoxy) is 2. The number of nitrogens with one attached hydrogen (secondary N) is 1. The number of carbonyl (C=O) groups is 2. The van der Waals surface area contributed by atoms with Crippen molar-refractivity contribution in [3.63, 3.8) is 0 Å². The van der Waals surface area contributed by atoms with E-state index in [1.807, 2.05) is 32.0 Å². The predicted molar refractivity (Wildman–Crippen MR) is 100 cm³/mol. The first-order chi connectivity index (χ1) is 12.9. The van der Waals surface area contributed by atoms with Gasteiger partial charge in [-0.2, -0.15) is 5.10 Å². The summed E-state index contributed by atoms with van der Waals surface area (Å²) < 4.78 is 12.8. The lowest BCUT2D eigenvalue weighted by Gasteiger charge is -2.27. The molecular formula is C20H25N3O4. The SMILES string of the molecule is COc1cccc2c1OCC(NC(=O)CCn1nc(C)c(C(C)=O)c1C)C2. The number of aryl methyl sites for hydroxylation is 2. The molecule has 7 nitrogen and oxygen atoms in total. The second kappa shape index (κ2) is 7.82. The third-order valence-corrected chi connectivity index (χ3v) is 4.82. The number of benzene rings is 1. The first kappa shape index (κ1) is 18.9. The molecular weight excluding hydrogens is 346 g/mol. The fraction of sp³-hybridized carbons (Fsp3) is 0.450. The molecule has 0 saturated carbocycles. The second-order valence-corrected chi connectivity index (χ2v) is 6.80. The number of Topliss-reactive ketones (excluding diaryl/α,β-unsaturated/α-hetero) is 1. The van der Waals surface area contributed by atoms with Crippen molar-refractivity contribution in [1.82, 2.24) is 15.1 Å². The molecule has 0 saturated heterocycles. The molecule has 1 aliphatic rings. The summed E-state index contributed by atoms with van der Waals surface area (Å²) in [4.78, 5) is 24.0. The lowest BCUT2D eigenvalue weighted by Crippen LogP contribution is -2.43. The van der Waals surface area contributed by atoms with E-state index in [-0.39, 0.29) is 17.7 Å². The lowest BCUT2D eigenvalue weighted by atomic mass is 10.0. The minimum atomic E-state index is -0.0784. The maximum absolute atomic E-state index is 12.4. The van der Waals surface area contributed by atoms with Crippen LogP contribution in [0.3, 0.4) is 0 Å². The summed E-state index contributed by atoms with van der Waals surface area (Å²) in [6, 6.07) is 5.68. The number of rotatable bonds is 6. The molecule has 0 fully saturated rings. The Bertz CT molecular complexity index is 872. The average molecular weight is 371 g/mol. The highest BCUT2D eigenvalue weighted by molar-refractivity contribution is 5.96. The van der Waals surface area contributed by atoms with Gasteiger partial charge in [0, 0.05) is 24.2 Å². The van der Waals surface area contributed by atoms with Crippen molar-refractivity contribution in [3.05, 3.63) is 40.7 Å². The molecule has 2 aromatic rings. The summed E-state index contributed by atoms with van der Waals surface area (Å²) in [5.74, 6) is 1.40. The number of fused-ring (bicyclic) bond motifs is 1. The van der Waals surface area contributed by atoms with Crippen molar-refractivity contribution in [2.45, 2.75) is 46.2 Å². The lowest BCUT2D eigenvalue weighted by molar-refractivity contribution is -0.122. The Hall–Kier alpha value is -2.83. The summed E-state index contributed by atoms with van der Waals surface area (Å²) in [6.07, 6.45) is 0.993. The Labute approximate surface area is 158 Å². The van der Waals surface area contributed by atoms with Crippen LogP contribution in [0.5, 0.6) is 11.5 Å². The Morgan fingerprint density at radius 3 is 2.81 bits per heavy atom. The minimum absolute atomic E-state index is 0.00542. The van der Waals surface area contributed by atoms with Gasteiger partial charge in [0.15, 0.2) is 17.3 Å². The van der Waals surface area contributed by atoms with Crippen LogP contribution in [0.1, 0.15) is 40.7 Å². The standard InChI is InChI=1S/C20H25N3O4/c1-12-19(14(3)24)13(2)23(22-12)9-8-18(25)21-16-10-15-6-5-7-17(26-4)20(15)27-11-16/h5-7,16H,8-11H2,1-4H3,(H,21,25). The van der Waals surface area contributed by atoms with E-state index in [1.54, 1.807) is 11.8 Å². The highest BCUT2D eigenvalue weighted by atomic mass is 16.5. The van der Waals surface area contributed by atoms with Gasteiger partial charge < -0.3 is 14.8 Å². The van der Waals surface area contributed by atoms with Crippen molar-refractivity contribution in [2.75, 3.05) is 13.7 Å². The molecule has 0 aliphatic carbocycles. The van der Waals surface area contributed by atoms with Gasteiger partial charge in [0.25, 0.3) is 0 Å². The van der Waals surface area contributed by atoms with Crippen molar-refractivity contribution in [2.24, 2.45) is 0 Å². The topological polar surface area (TPSA) is 82.4 Å². The Kier molecular flexibility index (Phi) is 5.48. The quantitative estimate of drug-likeness (QED) is 0.788. The molecule has 7 heteroatoms. The van der Waals surface area contributed by atoms with Gasteiger partial charge in [-0.05, 0) is 33.3 Å². The Morgan fingerprint density at radius 1 is 1.37 bits per heavy atom. The van der Waals surface area contributed by atoms with Crippen molar-refractivity contribution >= 4 is 11.7 Å². The van der Waals surface area contributed by atoms with E-state index in [1.165, 1.54) is 6.92 Å². The van der Waals surface area contributed by atoms with E-state index in [0.29, 0.717) is 43.0 Å². The fourth-order valence-corrected chi connectivity index (χ4v) is 3.58. The summed E-state index contributed by atoms with van der Waals surface area (Å²) in [5, 5.41) is 7.39. The highest BCUT2D eigenvalue weighted by Crippen LogP contribution is 2.34. The molecule has 27 heavy (non-hydrogen) atoms. The Morgan fingerprint density at radius 2 is 2.15 bits per heavy atom. The number of para-hydroxylation sites is 1. The molecule has 1 aromatic carbocycles. The van der Waals surface area contributed by atoms with E-state index in [2.05, 4.69) is 10.4 Å². The molecule has 1 amide bonds. The third-order valence-electron chi connectivity index (χ3n) is 4.82. The number of carbonyl (C=O) groups excluding carboxylic acids is 2. The third kappa shape index (κ3) is 3.97. The maximum atomic E-state index is 12.4. The first-order valence-corrected chi connectivity index (χ1v) is 9.03. The summed E-state index contributed by atoms with van der Waals surface area (Å²) >= 11 is 0. The molecule has 1 aromatic heterocycles. The predicted octanol–water partition coefficient (Wildman–Crippen LogP) is 2.22. The molecule has 3 rings (SSSR count). The number of methoxy groups -OCH3 is 1. The molecule has 1 unspecified atom stereocenters. The van der Waals surface area contributed by atoms with Gasteiger partial charge in [0.1, 0.15) is 6.61 Å². The number of nitrogens with zero attached hydrogens (tertiary/aromatic N) is 2. The number of aromatic nitrogens is 2. The van der Waals surface area contributed by atoms with Gasteiger partial charge in [0.2, 0.25) is 5.91 Å². The zero-order valence-electron chi connectivity index (χ0n) is 16.2. The van der Waals surface area contributed by atoms with Crippen LogP contribution in [-0.2, 0) is 17.8 Å². The average Bonchev–Trinajstić information content (AvgIpc) is 2.92. The molecule has 1 N–H and O–H groups in total. The van der Waals surface area contributed by atoms with Crippen LogP contribution in [0.2, 0.25) is 0 Å². The zero-order chi connectivity index (χ0) is 19.6. The van der Waals surface area contributed by atoms with Crippen LogP contribution >= 0.6 is 0 Å². The van der Waals surface area contributed by atoms with Crippen molar-refractivity contribution < 1.29 is 19.1 Å². The summed E-state index contributed by atoms with van der Waals surface area (Å²) in [7, 11) is 1.61. The van der Waals surface area contributed by atoms with E-state index in [9.17, 15) is 9.59 Å². The van der Waals surface area contributed by atoms with Crippen LogP contribution in [0.15, 0.2) is 18.2 Å². The van der Waals surface area contributed by atoms with Crippen LogP contribution < -0.4 is 14.8 Å². The zero-order valence-corrected chi connectivity index (χ0v) is 16.2. The van der Waals surface area contributed by atoms with Gasteiger partial charge in [-0.15, -0.1) is 0 Å². The summed E-state index contributed by atoms with van der Waals surface area (Å²) in [5.41, 5.74) is 3.17. The highest BCUT2D eigenvalue weighted by Gasteiger charge is 2.24. The smallest absolute Gasteiger partial charge is 0.222 e. The summed E-state index contributed by atoms with van der Waals surface area (Å²) in [6.45, 7) is 6.04. The van der Waals surface area contributed by atoms with Crippen molar-refractivity contribution in [3.8, 4) is 11.5 Å². The van der Waals surface area contributed by atoms with E-state index >= 15 is 0 Å². The van der Waals surface area contributed by atoms with Crippen molar-refractivity contribution in [1.29, 1.82) is 0 Å². The number of ketones is 1. The van der Waals surface area contributed by atoms with Gasteiger partial charge in [-0.1, -0.05) is 12.1 Å². The fourth-order valence-electron chi connectivity index (χ4n) is 3.58. The Balaban J connectivity index is 1.58. The van der Waals surface area contributed by atoms with Gasteiger partial charge in [-0.3, -0.25) is 14.3 Å². The molecule has 0 spiro atoms. The molecule has 144 valence electrons. The van der Waals surface area contributed by atoms with E-state index in [4.69, 9.17) is 9.47 Å². The normalized spacial score (nSPS) is 15.6. The van der Waals surface area contributed by atoms with Crippen LogP contribution in [0, 0.1) is 13.8 Å². The van der Waals surface area contributed by atoms with Gasteiger partial charge in [-0.25, -0.2) is 0 Å². The molecule has 0 bridgehead atoms. The van der Waals surface area contributed by atoms with E-state index in [0.717, 1.165) is 17.0 Å². The molecule has 2 heterocycles. The largest absolute Gasteiger partial charge is 0.493 e. The number of hydrogen-bond donors (Lipinski definition) is 1. The molecule has 1 atom stereocenters. The second-order valence-electron chi connectivity index (χ2n) is 6.80. The molecule has 1 aliphatic heterocycles. The van der Waals surface area contributed by atoms with Gasteiger partial charge in [0.05, 0.1) is 24.4 Å². The maximum Gasteiger partial charge on any atom is 0.222 e. The van der Waals surface area contributed by atoms with E-state index < -0.39 is 0 Å². The first-order valence-electron chi connectivity index (χ1n) is 9.03. The minimum Gasteiger partial charge on any atom is -0.493 e. The van der Waals surface area contributed by atoms with Crippen LogP contribution in [0.4, 0.5) is 0 Å². The van der Waals surface area contributed by atoms with Gasteiger partial charge >= 0.3 is 0 Å². The molecule has 0 radical (unpaired) electrons. The van der Waals surface area contributed by atoms with Crippen LogP contribution in [-0.4, -0.2) is 41.2 Å². The number of amides is 1.